The first-order chi connectivity index (χ1) is 10.2. The van der Waals surface area contributed by atoms with Crippen LogP contribution in [0.3, 0.4) is 0 Å². The number of hydrogen-bond donors (Lipinski definition) is 1. The van der Waals surface area contributed by atoms with Crippen molar-refractivity contribution in [3.8, 4) is 0 Å². The highest BCUT2D eigenvalue weighted by Gasteiger charge is 2.15. The van der Waals surface area contributed by atoms with E-state index in [9.17, 15) is 0 Å². The van der Waals surface area contributed by atoms with Crippen molar-refractivity contribution < 1.29 is 9.15 Å². The molecule has 2 aromatic rings. The second-order valence-electron chi connectivity index (χ2n) is 5.78. The SMILES string of the molecule is CC(NCCOC1CCCC1)c1cc2cc(Br)ccc2o1. The summed E-state index contributed by atoms with van der Waals surface area (Å²) in [4.78, 5) is 0. The summed E-state index contributed by atoms with van der Waals surface area (Å²) in [5.41, 5.74) is 0.934. The molecular formula is C17H22BrNO2. The second kappa shape index (κ2) is 6.95. The zero-order valence-corrected chi connectivity index (χ0v) is 14.0. The normalized spacial score (nSPS) is 17.6. The van der Waals surface area contributed by atoms with E-state index in [1.54, 1.807) is 0 Å². The summed E-state index contributed by atoms with van der Waals surface area (Å²) in [5, 5.41) is 4.60. The van der Waals surface area contributed by atoms with Gasteiger partial charge in [0.05, 0.1) is 18.8 Å². The van der Waals surface area contributed by atoms with Crippen LogP contribution in [-0.4, -0.2) is 19.3 Å². The van der Waals surface area contributed by atoms with Crippen molar-refractivity contribution >= 4 is 26.9 Å². The lowest BCUT2D eigenvalue weighted by Gasteiger charge is -2.14. The van der Waals surface area contributed by atoms with E-state index in [0.29, 0.717) is 6.10 Å². The first-order valence-corrected chi connectivity index (χ1v) is 8.55. The zero-order valence-electron chi connectivity index (χ0n) is 12.4. The molecule has 0 saturated heterocycles. The van der Waals surface area contributed by atoms with Gasteiger partial charge in [0.2, 0.25) is 0 Å². The number of hydrogen-bond acceptors (Lipinski definition) is 3. The summed E-state index contributed by atoms with van der Waals surface area (Å²) in [6, 6.07) is 8.39. The Kier molecular flexibility index (Phi) is 4.99. The van der Waals surface area contributed by atoms with Crippen molar-refractivity contribution in [3.05, 3.63) is 34.5 Å². The maximum atomic E-state index is 5.89. The molecule has 0 bridgehead atoms. The Bertz CT molecular complexity index is 589. The lowest BCUT2D eigenvalue weighted by Crippen LogP contribution is -2.24. The van der Waals surface area contributed by atoms with Crippen LogP contribution in [-0.2, 0) is 4.74 Å². The van der Waals surface area contributed by atoms with Gasteiger partial charge in [-0.2, -0.15) is 0 Å². The maximum absolute atomic E-state index is 5.89. The molecule has 0 spiro atoms. The Hall–Kier alpha value is -0.840. The van der Waals surface area contributed by atoms with Gasteiger partial charge >= 0.3 is 0 Å². The summed E-state index contributed by atoms with van der Waals surface area (Å²) < 4.78 is 12.8. The summed E-state index contributed by atoms with van der Waals surface area (Å²) in [5.74, 6) is 0.976. The van der Waals surface area contributed by atoms with Crippen molar-refractivity contribution in [2.24, 2.45) is 0 Å². The van der Waals surface area contributed by atoms with Gasteiger partial charge < -0.3 is 14.5 Å². The highest BCUT2D eigenvalue weighted by molar-refractivity contribution is 9.10. The van der Waals surface area contributed by atoms with Crippen LogP contribution in [0.2, 0.25) is 0 Å². The predicted molar refractivity (Wildman–Crippen MR) is 88.5 cm³/mol. The molecule has 4 heteroatoms. The van der Waals surface area contributed by atoms with E-state index >= 15 is 0 Å². The lowest BCUT2D eigenvalue weighted by molar-refractivity contribution is 0.0591. The molecule has 114 valence electrons. The molecule has 1 aromatic carbocycles. The third-order valence-electron chi connectivity index (χ3n) is 4.13. The summed E-state index contributed by atoms with van der Waals surface area (Å²) in [7, 11) is 0. The monoisotopic (exact) mass is 351 g/mol. The molecule has 3 rings (SSSR count). The molecule has 1 aromatic heterocycles. The number of rotatable bonds is 6. The Morgan fingerprint density at radius 2 is 2.14 bits per heavy atom. The van der Waals surface area contributed by atoms with Gasteiger partial charge in [-0.25, -0.2) is 0 Å². The molecule has 1 saturated carbocycles. The first kappa shape index (κ1) is 15.1. The molecule has 0 radical (unpaired) electrons. The van der Waals surface area contributed by atoms with Crippen molar-refractivity contribution in [1.29, 1.82) is 0 Å². The Morgan fingerprint density at radius 3 is 2.95 bits per heavy atom. The van der Waals surface area contributed by atoms with Crippen LogP contribution in [0.15, 0.2) is 33.2 Å². The van der Waals surface area contributed by atoms with E-state index in [-0.39, 0.29) is 6.04 Å². The summed E-state index contributed by atoms with van der Waals surface area (Å²) >= 11 is 3.49. The van der Waals surface area contributed by atoms with Gasteiger partial charge in [0.25, 0.3) is 0 Å². The molecule has 1 unspecified atom stereocenters. The average Bonchev–Trinajstić information content (AvgIpc) is 3.11. The van der Waals surface area contributed by atoms with Gasteiger partial charge in [0.1, 0.15) is 11.3 Å². The Labute approximate surface area is 134 Å². The van der Waals surface area contributed by atoms with Gasteiger partial charge in [0.15, 0.2) is 0 Å². The highest BCUT2D eigenvalue weighted by atomic mass is 79.9. The van der Waals surface area contributed by atoms with Crippen molar-refractivity contribution in [1.82, 2.24) is 5.32 Å². The molecule has 1 aliphatic carbocycles. The van der Waals surface area contributed by atoms with Crippen LogP contribution in [0.5, 0.6) is 0 Å². The van der Waals surface area contributed by atoms with Gasteiger partial charge in [-0.15, -0.1) is 0 Å². The zero-order chi connectivity index (χ0) is 14.7. The summed E-state index contributed by atoms with van der Waals surface area (Å²) in [6.07, 6.45) is 5.60. The molecule has 1 N–H and O–H groups in total. The molecule has 1 aliphatic rings. The molecule has 0 amide bonds. The van der Waals surface area contributed by atoms with Crippen LogP contribution < -0.4 is 5.32 Å². The molecule has 21 heavy (non-hydrogen) atoms. The molecule has 1 fully saturated rings. The van der Waals surface area contributed by atoms with Crippen LogP contribution in [0, 0.1) is 0 Å². The summed E-state index contributed by atoms with van der Waals surface area (Å²) in [6.45, 7) is 3.77. The minimum Gasteiger partial charge on any atom is -0.459 e. The van der Waals surface area contributed by atoms with Crippen LogP contribution >= 0.6 is 15.9 Å². The van der Waals surface area contributed by atoms with E-state index in [1.807, 2.05) is 12.1 Å². The van der Waals surface area contributed by atoms with Crippen LogP contribution in [0.25, 0.3) is 11.0 Å². The average molecular weight is 352 g/mol. The van der Waals surface area contributed by atoms with Crippen molar-refractivity contribution in [3.63, 3.8) is 0 Å². The maximum Gasteiger partial charge on any atom is 0.134 e. The fourth-order valence-electron chi connectivity index (χ4n) is 2.90. The largest absolute Gasteiger partial charge is 0.459 e. The third kappa shape index (κ3) is 3.87. The van der Waals surface area contributed by atoms with Crippen LogP contribution in [0.1, 0.15) is 44.4 Å². The standard InChI is InChI=1S/C17H22BrNO2/c1-12(19-8-9-20-15-4-2-3-5-15)17-11-13-10-14(18)6-7-16(13)21-17/h6-7,10-12,15,19H,2-5,8-9H2,1H3. The van der Waals surface area contributed by atoms with Gasteiger partial charge in [-0.05, 0) is 44.0 Å². The minimum absolute atomic E-state index is 0.198. The van der Waals surface area contributed by atoms with E-state index in [4.69, 9.17) is 9.15 Å². The van der Waals surface area contributed by atoms with Crippen LogP contribution in [0.4, 0.5) is 0 Å². The van der Waals surface area contributed by atoms with Gasteiger partial charge in [-0.1, -0.05) is 28.8 Å². The fraction of sp³-hybridized carbons (Fsp3) is 0.529. The quantitative estimate of drug-likeness (QED) is 0.758. The van der Waals surface area contributed by atoms with E-state index < -0.39 is 0 Å². The fourth-order valence-corrected chi connectivity index (χ4v) is 3.28. The van der Waals surface area contributed by atoms with E-state index in [0.717, 1.165) is 34.4 Å². The molecule has 0 aliphatic heterocycles. The van der Waals surface area contributed by atoms with E-state index in [1.165, 1.54) is 25.7 Å². The van der Waals surface area contributed by atoms with Crippen molar-refractivity contribution in [2.45, 2.75) is 44.8 Å². The lowest BCUT2D eigenvalue weighted by atomic mass is 10.2. The predicted octanol–water partition coefficient (Wildman–Crippen LogP) is 4.81. The number of ether oxygens (including phenoxy) is 1. The van der Waals surface area contributed by atoms with Gasteiger partial charge in [0, 0.05) is 16.4 Å². The third-order valence-corrected chi connectivity index (χ3v) is 4.63. The smallest absolute Gasteiger partial charge is 0.134 e. The number of benzene rings is 1. The van der Waals surface area contributed by atoms with Crippen molar-refractivity contribution in [2.75, 3.05) is 13.2 Å². The molecule has 1 heterocycles. The Balaban J connectivity index is 1.50. The molecule has 1 atom stereocenters. The van der Waals surface area contributed by atoms with E-state index in [2.05, 4.69) is 40.3 Å². The number of halogens is 1. The Morgan fingerprint density at radius 1 is 1.33 bits per heavy atom. The first-order valence-electron chi connectivity index (χ1n) is 7.76. The topological polar surface area (TPSA) is 34.4 Å². The number of nitrogens with one attached hydrogen (secondary N) is 1. The second-order valence-corrected chi connectivity index (χ2v) is 6.70. The minimum atomic E-state index is 0.198. The number of furan rings is 1. The molecule has 3 nitrogen and oxygen atoms in total. The molecular weight excluding hydrogens is 330 g/mol. The number of fused-ring (bicyclic) bond motifs is 1. The van der Waals surface area contributed by atoms with Gasteiger partial charge in [-0.3, -0.25) is 0 Å². The highest BCUT2D eigenvalue weighted by Crippen LogP contribution is 2.26.